The topological polar surface area (TPSA) is 61.4 Å². The van der Waals surface area contributed by atoms with Gasteiger partial charge in [-0.15, -0.1) is 0 Å². The van der Waals surface area contributed by atoms with Gasteiger partial charge >= 0.3 is 0 Å². The Hall–Kier alpha value is -1.85. The molecule has 0 radical (unpaired) electrons. The third-order valence-electron chi connectivity index (χ3n) is 5.67. The van der Waals surface area contributed by atoms with Crippen molar-refractivity contribution in [3.8, 4) is 5.75 Å². The van der Waals surface area contributed by atoms with Gasteiger partial charge in [-0.2, -0.15) is 5.10 Å². The fourth-order valence-electron chi connectivity index (χ4n) is 4.29. The Morgan fingerprint density at radius 2 is 2.04 bits per heavy atom. The average molecular weight is 355 g/mol. The largest absolute Gasteiger partial charge is 0.490 e. The van der Waals surface area contributed by atoms with E-state index in [9.17, 15) is 5.11 Å². The van der Waals surface area contributed by atoms with Crippen molar-refractivity contribution in [3.63, 3.8) is 0 Å². The fraction of sp³-hybridized carbons (Fsp3) is 0.571. The first-order valence-electron chi connectivity index (χ1n) is 9.83. The van der Waals surface area contributed by atoms with E-state index >= 15 is 0 Å². The Kier molecular flexibility index (Phi) is 5.27. The number of aryl methyl sites for hydroxylation is 1. The number of hydrogen-bond donors (Lipinski definition) is 2. The van der Waals surface area contributed by atoms with Crippen LogP contribution in [0, 0.1) is 12.8 Å². The van der Waals surface area contributed by atoms with Gasteiger partial charge in [-0.25, -0.2) is 0 Å². The molecule has 0 spiro atoms. The molecule has 5 heteroatoms. The summed E-state index contributed by atoms with van der Waals surface area (Å²) in [4.78, 5) is 2.34. The minimum absolute atomic E-state index is 0.237. The molecule has 5 nitrogen and oxygen atoms in total. The molecular weight excluding hydrogens is 326 g/mol. The predicted octanol–water partition coefficient (Wildman–Crippen LogP) is 3.07. The summed E-state index contributed by atoms with van der Waals surface area (Å²) in [5.41, 5.74) is 3.34. The van der Waals surface area contributed by atoms with Crippen LogP contribution >= 0.6 is 0 Å². The maximum atomic E-state index is 10.5. The molecule has 0 bridgehead atoms. The molecule has 140 valence electrons. The number of hydrogen-bond acceptors (Lipinski definition) is 4. The Balaban J connectivity index is 1.38. The molecule has 1 aliphatic carbocycles. The van der Waals surface area contributed by atoms with Gasteiger partial charge in [-0.3, -0.25) is 10.00 Å². The minimum atomic E-state index is -0.296. The maximum Gasteiger partial charge on any atom is 0.124 e. The SMILES string of the molecule is Cc1cc(C[C@@H]2CN(Cc3ccccc3OC3CCCC3)C[C@H]2O)n[nH]1. The van der Waals surface area contributed by atoms with Crippen molar-refractivity contribution in [1.82, 2.24) is 15.1 Å². The van der Waals surface area contributed by atoms with Gasteiger partial charge in [-0.1, -0.05) is 18.2 Å². The third-order valence-corrected chi connectivity index (χ3v) is 5.67. The summed E-state index contributed by atoms with van der Waals surface area (Å²) in [5, 5.41) is 17.8. The van der Waals surface area contributed by atoms with Gasteiger partial charge in [0.2, 0.25) is 0 Å². The standard InChI is InChI=1S/C21H29N3O2/c1-15-10-18(23-22-15)11-17-13-24(14-20(17)25)12-16-6-2-5-9-21(16)26-19-7-3-4-8-19/h2,5-6,9-10,17,19-20,25H,3-4,7-8,11-14H2,1H3,(H,22,23)/t17-,20-/m1/s1. The highest BCUT2D eigenvalue weighted by molar-refractivity contribution is 5.33. The number of aromatic amines is 1. The van der Waals surface area contributed by atoms with E-state index in [1.54, 1.807) is 0 Å². The van der Waals surface area contributed by atoms with Crippen molar-refractivity contribution in [2.75, 3.05) is 13.1 Å². The van der Waals surface area contributed by atoms with E-state index in [0.29, 0.717) is 12.6 Å². The molecule has 2 N–H and O–H groups in total. The van der Waals surface area contributed by atoms with Crippen LogP contribution in [0.2, 0.25) is 0 Å². The van der Waals surface area contributed by atoms with Crippen molar-refractivity contribution in [1.29, 1.82) is 0 Å². The summed E-state index contributed by atoms with van der Waals surface area (Å²) in [5.74, 6) is 1.25. The van der Waals surface area contributed by atoms with Crippen molar-refractivity contribution >= 4 is 0 Å². The second kappa shape index (κ2) is 7.80. The van der Waals surface area contributed by atoms with E-state index in [4.69, 9.17) is 4.74 Å². The molecule has 2 aromatic rings. The number of rotatable bonds is 6. The van der Waals surface area contributed by atoms with Crippen LogP contribution in [0.25, 0.3) is 0 Å². The molecule has 26 heavy (non-hydrogen) atoms. The molecule has 1 aliphatic heterocycles. The van der Waals surface area contributed by atoms with Crippen molar-refractivity contribution in [2.24, 2.45) is 5.92 Å². The van der Waals surface area contributed by atoms with Gasteiger partial charge in [0, 0.05) is 36.8 Å². The van der Waals surface area contributed by atoms with Gasteiger partial charge in [0.15, 0.2) is 0 Å². The predicted molar refractivity (Wildman–Crippen MR) is 101 cm³/mol. The van der Waals surface area contributed by atoms with Crippen LogP contribution in [0.1, 0.15) is 42.6 Å². The van der Waals surface area contributed by atoms with Crippen LogP contribution in [0.15, 0.2) is 30.3 Å². The van der Waals surface area contributed by atoms with E-state index in [-0.39, 0.29) is 12.0 Å². The number of benzene rings is 1. The summed E-state index contributed by atoms with van der Waals surface area (Å²) in [6, 6.07) is 10.4. The Morgan fingerprint density at radius 3 is 2.81 bits per heavy atom. The summed E-state index contributed by atoms with van der Waals surface area (Å²) in [6.07, 6.45) is 5.79. The van der Waals surface area contributed by atoms with Crippen LogP contribution in [-0.4, -0.2) is 45.5 Å². The van der Waals surface area contributed by atoms with Gasteiger partial charge in [0.05, 0.1) is 17.9 Å². The molecule has 0 amide bonds. The normalized spacial score (nSPS) is 24.4. The number of aliphatic hydroxyl groups excluding tert-OH is 1. The summed E-state index contributed by atoms with van der Waals surface area (Å²) >= 11 is 0. The smallest absolute Gasteiger partial charge is 0.124 e. The molecule has 1 saturated carbocycles. The molecule has 2 fully saturated rings. The zero-order chi connectivity index (χ0) is 17.9. The molecule has 1 saturated heterocycles. The highest BCUT2D eigenvalue weighted by atomic mass is 16.5. The van der Waals surface area contributed by atoms with Gasteiger partial charge < -0.3 is 9.84 Å². The Labute approximate surface area is 155 Å². The van der Waals surface area contributed by atoms with Crippen molar-refractivity contribution < 1.29 is 9.84 Å². The van der Waals surface area contributed by atoms with Crippen LogP contribution < -0.4 is 4.74 Å². The molecule has 2 aliphatic rings. The first-order valence-corrected chi connectivity index (χ1v) is 9.83. The van der Waals surface area contributed by atoms with Crippen molar-refractivity contribution in [2.45, 2.75) is 57.8 Å². The number of β-amino-alcohol motifs (C(OH)–C–C–N with tert-alkyl or cyclic N) is 1. The van der Waals surface area contributed by atoms with E-state index in [1.807, 2.05) is 6.92 Å². The first kappa shape index (κ1) is 17.6. The number of para-hydroxylation sites is 1. The third kappa shape index (κ3) is 4.10. The number of ether oxygens (including phenoxy) is 1. The van der Waals surface area contributed by atoms with Crippen molar-refractivity contribution in [3.05, 3.63) is 47.3 Å². The maximum absolute atomic E-state index is 10.5. The van der Waals surface area contributed by atoms with Gasteiger partial charge in [0.25, 0.3) is 0 Å². The number of H-pyrrole nitrogens is 1. The molecule has 1 aromatic heterocycles. The molecule has 0 unspecified atom stereocenters. The molecule has 2 atom stereocenters. The molecular formula is C21H29N3O2. The van der Waals surface area contributed by atoms with Crippen LogP contribution in [-0.2, 0) is 13.0 Å². The van der Waals surface area contributed by atoms with Crippen LogP contribution in [0.3, 0.4) is 0 Å². The van der Waals surface area contributed by atoms with Crippen LogP contribution in [0.5, 0.6) is 5.75 Å². The quantitative estimate of drug-likeness (QED) is 0.836. The lowest BCUT2D eigenvalue weighted by Crippen LogP contribution is -2.22. The number of nitrogens with one attached hydrogen (secondary N) is 1. The number of aliphatic hydroxyl groups is 1. The highest BCUT2D eigenvalue weighted by Gasteiger charge is 2.32. The van der Waals surface area contributed by atoms with E-state index in [2.05, 4.69) is 45.4 Å². The minimum Gasteiger partial charge on any atom is -0.490 e. The monoisotopic (exact) mass is 355 g/mol. The molecule has 2 heterocycles. The van der Waals surface area contributed by atoms with Gasteiger partial charge in [-0.05, 0) is 51.2 Å². The van der Waals surface area contributed by atoms with E-state index < -0.39 is 0 Å². The molecule has 1 aromatic carbocycles. The second-order valence-electron chi connectivity index (χ2n) is 7.90. The number of nitrogens with zero attached hydrogens (tertiary/aromatic N) is 2. The summed E-state index contributed by atoms with van der Waals surface area (Å²) < 4.78 is 6.27. The zero-order valence-electron chi connectivity index (χ0n) is 15.5. The lowest BCUT2D eigenvalue weighted by Gasteiger charge is -2.20. The van der Waals surface area contributed by atoms with Gasteiger partial charge in [0.1, 0.15) is 5.75 Å². The average Bonchev–Trinajstić information content (AvgIpc) is 3.34. The Bertz CT molecular complexity index is 724. The lowest BCUT2D eigenvalue weighted by molar-refractivity contribution is 0.140. The lowest BCUT2D eigenvalue weighted by atomic mass is 10.0. The first-order chi connectivity index (χ1) is 12.7. The highest BCUT2D eigenvalue weighted by Crippen LogP contribution is 2.29. The van der Waals surface area contributed by atoms with E-state index in [1.165, 1.54) is 31.2 Å². The zero-order valence-corrected chi connectivity index (χ0v) is 15.5. The fourth-order valence-corrected chi connectivity index (χ4v) is 4.29. The Morgan fingerprint density at radius 1 is 1.23 bits per heavy atom. The second-order valence-corrected chi connectivity index (χ2v) is 7.90. The van der Waals surface area contributed by atoms with Crippen LogP contribution in [0.4, 0.5) is 0 Å². The summed E-state index contributed by atoms with van der Waals surface area (Å²) in [6.45, 7) is 4.45. The number of likely N-dealkylation sites (tertiary alicyclic amines) is 1. The van der Waals surface area contributed by atoms with E-state index in [0.717, 1.165) is 36.6 Å². The summed E-state index contributed by atoms with van der Waals surface area (Å²) in [7, 11) is 0. The molecule has 4 rings (SSSR count). The number of aromatic nitrogens is 2.